The van der Waals surface area contributed by atoms with E-state index >= 15 is 0 Å². The van der Waals surface area contributed by atoms with Crippen molar-refractivity contribution in [1.82, 2.24) is 0 Å². The zero-order chi connectivity index (χ0) is 13.1. The lowest BCUT2D eigenvalue weighted by Crippen LogP contribution is -2.11. The number of rotatable bonds is 4. The first-order chi connectivity index (χ1) is 8.65. The van der Waals surface area contributed by atoms with Crippen LogP contribution in [0.3, 0.4) is 0 Å². The number of benzene rings is 1. The molecule has 1 atom stereocenters. The van der Waals surface area contributed by atoms with Gasteiger partial charge in [-0.25, -0.2) is 0 Å². The Morgan fingerprint density at radius 1 is 1.28 bits per heavy atom. The molecule has 0 bridgehead atoms. The molecule has 0 radical (unpaired) electrons. The van der Waals surface area contributed by atoms with Crippen molar-refractivity contribution in [2.75, 3.05) is 7.11 Å². The molecule has 2 rings (SSSR count). The number of nitrogens with two attached hydrogens (primary N) is 1. The van der Waals surface area contributed by atoms with Crippen molar-refractivity contribution in [3.05, 3.63) is 51.2 Å². The highest BCUT2D eigenvalue weighted by atomic mass is 32.1. The molecule has 2 aromatic rings. The lowest BCUT2D eigenvalue weighted by molar-refractivity contribution is 0.414. The normalized spacial score (nSPS) is 12.4. The van der Waals surface area contributed by atoms with E-state index in [1.165, 1.54) is 20.9 Å². The highest BCUT2D eigenvalue weighted by Gasteiger charge is 2.14. The molecule has 0 aliphatic heterocycles. The van der Waals surface area contributed by atoms with E-state index in [9.17, 15) is 0 Å². The van der Waals surface area contributed by atoms with Gasteiger partial charge in [0.2, 0.25) is 0 Å². The maximum Gasteiger partial charge on any atom is 0.119 e. The average Bonchev–Trinajstić information content (AvgIpc) is 2.86. The van der Waals surface area contributed by atoms with Crippen LogP contribution in [0.25, 0.3) is 0 Å². The standard InChI is InChI=1S/C15H19NOS/c1-4-12-6-8-14(18-12)15(16)13-7-5-11(17-3)9-10(13)2/h5-9,15H,4,16H2,1-3H3. The summed E-state index contributed by atoms with van der Waals surface area (Å²) in [5, 5.41) is 0. The Balaban J connectivity index is 2.30. The van der Waals surface area contributed by atoms with E-state index < -0.39 is 0 Å². The van der Waals surface area contributed by atoms with Crippen LogP contribution in [0.4, 0.5) is 0 Å². The molecule has 0 amide bonds. The minimum atomic E-state index is -0.0405. The number of hydrogen-bond donors (Lipinski definition) is 1. The second-order valence-corrected chi connectivity index (χ2v) is 5.56. The van der Waals surface area contributed by atoms with Crippen LogP contribution in [0.1, 0.15) is 33.8 Å². The Hall–Kier alpha value is -1.32. The predicted molar refractivity (Wildman–Crippen MR) is 77.5 cm³/mol. The van der Waals surface area contributed by atoms with Gasteiger partial charge in [0.05, 0.1) is 13.2 Å². The van der Waals surface area contributed by atoms with Gasteiger partial charge >= 0.3 is 0 Å². The SMILES string of the molecule is CCc1ccc(C(N)c2ccc(OC)cc2C)s1. The minimum Gasteiger partial charge on any atom is -0.497 e. The number of thiophene rings is 1. The average molecular weight is 261 g/mol. The summed E-state index contributed by atoms with van der Waals surface area (Å²) in [6.45, 7) is 4.24. The van der Waals surface area contributed by atoms with Gasteiger partial charge < -0.3 is 10.5 Å². The Bertz CT molecular complexity index is 533. The number of aryl methyl sites for hydroxylation is 2. The Labute approximate surface area is 112 Å². The summed E-state index contributed by atoms with van der Waals surface area (Å²) in [5.41, 5.74) is 8.69. The first-order valence-electron chi connectivity index (χ1n) is 6.14. The maximum absolute atomic E-state index is 6.35. The molecule has 1 unspecified atom stereocenters. The van der Waals surface area contributed by atoms with Crippen molar-refractivity contribution in [1.29, 1.82) is 0 Å². The molecular weight excluding hydrogens is 242 g/mol. The fraction of sp³-hybridized carbons (Fsp3) is 0.333. The van der Waals surface area contributed by atoms with Gasteiger partial charge in [-0.3, -0.25) is 0 Å². The van der Waals surface area contributed by atoms with Gasteiger partial charge in [0.15, 0.2) is 0 Å². The molecule has 2 nitrogen and oxygen atoms in total. The summed E-state index contributed by atoms with van der Waals surface area (Å²) >= 11 is 1.80. The summed E-state index contributed by atoms with van der Waals surface area (Å²) in [5.74, 6) is 0.879. The third kappa shape index (κ3) is 2.57. The molecule has 0 spiro atoms. The molecule has 2 N–H and O–H groups in total. The van der Waals surface area contributed by atoms with Gasteiger partial charge in [-0.05, 0) is 48.7 Å². The fourth-order valence-electron chi connectivity index (χ4n) is 2.03. The zero-order valence-electron chi connectivity index (χ0n) is 11.1. The third-order valence-corrected chi connectivity index (χ3v) is 4.46. The highest BCUT2D eigenvalue weighted by molar-refractivity contribution is 7.12. The first kappa shape index (κ1) is 13.1. The Morgan fingerprint density at radius 2 is 2.06 bits per heavy atom. The van der Waals surface area contributed by atoms with Gasteiger partial charge in [0, 0.05) is 9.75 Å². The van der Waals surface area contributed by atoms with E-state index in [1.54, 1.807) is 18.4 Å². The van der Waals surface area contributed by atoms with E-state index in [1.807, 2.05) is 12.1 Å². The van der Waals surface area contributed by atoms with Crippen LogP contribution in [0.2, 0.25) is 0 Å². The summed E-state index contributed by atoms with van der Waals surface area (Å²) in [7, 11) is 1.68. The maximum atomic E-state index is 6.35. The summed E-state index contributed by atoms with van der Waals surface area (Å²) in [4.78, 5) is 2.60. The van der Waals surface area contributed by atoms with Crippen molar-refractivity contribution >= 4 is 11.3 Å². The second kappa shape index (κ2) is 5.55. The molecule has 0 aliphatic rings. The van der Waals surface area contributed by atoms with Gasteiger partial charge in [0.25, 0.3) is 0 Å². The van der Waals surface area contributed by atoms with Gasteiger partial charge in [-0.15, -0.1) is 11.3 Å². The molecule has 0 saturated carbocycles. The van der Waals surface area contributed by atoms with Crippen molar-refractivity contribution in [2.45, 2.75) is 26.3 Å². The molecule has 0 aliphatic carbocycles. The van der Waals surface area contributed by atoms with Crippen molar-refractivity contribution < 1.29 is 4.74 Å². The molecular formula is C15H19NOS. The lowest BCUT2D eigenvalue weighted by atomic mass is 10.0. The number of methoxy groups -OCH3 is 1. The van der Waals surface area contributed by atoms with Gasteiger partial charge in [-0.1, -0.05) is 13.0 Å². The Morgan fingerprint density at radius 3 is 2.61 bits per heavy atom. The summed E-state index contributed by atoms with van der Waals surface area (Å²) < 4.78 is 5.22. The largest absolute Gasteiger partial charge is 0.497 e. The molecule has 1 heterocycles. The number of ether oxygens (including phenoxy) is 1. The van der Waals surface area contributed by atoms with E-state index in [0.29, 0.717) is 0 Å². The van der Waals surface area contributed by atoms with Crippen molar-refractivity contribution in [2.24, 2.45) is 5.73 Å². The number of hydrogen-bond acceptors (Lipinski definition) is 3. The predicted octanol–water partition coefficient (Wildman–Crippen LogP) is 3.68. The highest BCUT2D eigenvalue weighted by Crippen LogP contribution is 2.30. The molecule has 3 heteroatoms. The topological polar surface area (TPSA) is 35.2 Å². The van der Waals surface area contributed by atoms with Gasteiger partial charge in [-0.2, -0.15) is 0 Å². The minimum absolute atomic E-state index is 0.0405. The van der Waals surface area contributed by atoms with Crippen LogP contribution in [-0.2, 0) is 6.42 Å². The zero-order valence-corrected chi connectivity index (χ0v) is 11.9. The summed E-state index contributed by atoms with van der Waals surface area (Å²) in [6.07, 6.45) is 1.07. The lowest BCUT2D eigenvalue weighted by Gasteiger charge is -2.14. The molecule has 1 aromatic carbocycles. The van der Waals surface area contributed by atoms with E-state index in [4.69, 9.17) is 10.5 Å². The second-order valence-electron chi connectivity index (χ2n) is 4.36. The third-order valence-electron chi connectivity index (χ3n) is 3.15. The van der Waals surface area contributed by atoms with Crippen LogP contribution >= 0.6 is 11.3 Å². The van der Waals surface area contributed by atoms with E-state index in [-0.39, 0.29) is 6.04 Å². The molecule has 18 heavy (non-hydrogen) atoms. The fourth-order valence-corrected chi connectivity index (χ4v) is 3.00. The monoisotopic (exact) mass is 261 g/mol. The van der Waals surface area contributed by atoms with Crippen LogP contribution in [0.15, 0.2) is 30.3 Å². The Kier molecular flexibility index (Phi) is 4.04. The molecule has 1 aromatic heterocycles. The van der Waals surface area contributed by atoms with Crippen LogP contribution < -0.4 is 10.5 Å². The van der Waals surface area contributed by atoms with E-state index in [2.05, 4.69) is 32.0 Å². The van der Waals surface area contributed by atoms with Crippen LogP contribution in [-0.4, -0.2) is 7.11 Å². The molecule has 0 fully saturated rings. The van der Waals surface area contributed by atoms with E-state index in [0.717, 1.165) is 12.2 Å². The summed E-state index contributed by atoms with van der Waals surface area (Å²) in [6, 6.07) is 10.3. The van der Waals surface area contributed by atoms with Crippen molar-refractivity contribution in [3.63, 3.8) is 0 Å². The molecule has 96 valence electrons. The first-order valence-corrected chi connectivity index (χ1v) is 6.96. The molecule has 0 saturated heterocycles. The quantitative estimate of drug-likeness (QED) is 0.911. The van der Waals surface area contributed by atoms with Crippen LogP contribution in [0, 0.1) is 6.92 Å². The van der Waals surface area contributed by atoms with Gasteiger partial charge in [0.1, 0.15) is 5.75 Å². The smallest absolute Gasteiger partial charge is 0.119 e. The van der Waals surface area contributed by atoms with Crippen LogP contribution in [0.5, 0.6) is 5.75 Å². The van der Waals surface area contributed by atoms with Crippen molar-refractivity contribution in [3.8, 4) is 5.75 Å².